The van der Waals surface area contributed by atoms with E-state index in [2.05, 4.69) is 15.2 Å². The van der Waals surface area contributed by atoms with Crippen molar-refractivity contribution in [2.75, 3.05) is 0 Å². The number of aryl methyl sites for hydroxylation is 1. The zero-order chi connectivity index (χ0) is 16.4. The fourth-order valence-electron chi connectivity index (χ4n) is 2.19. The van der Waals surface area contributed by atoms with E-state index in [1.54, 1.807) is 24.3 Å². The average Bonchev–Trinajstić information content (AvgIpc) is 3.12. The van der Waals surface area contributed by atoms with Gasteiger partial charge in [0.05, 0.1) is 11.2 Å². The molecule has 118 valence electrons. The number of hydrogen-bond acceptors (Lipinski definition) is 4. The number of benzene rings is 1. The monoisotopic (exact) mass is 348 g/mol. The van der Waals surface area contributed by atoms with Crippen LogP contribution in [0.1, 0.15) is 24.1 Å². The summed E-state index contributed by atoms with van der Waals surface area (Å²) in [6, 6.07) is 5.14. The molecule has 0 aliphatic rings. The van der Waals surface area contributed by atoms with E-state index in [0.29, 0.717) is 27.3 Å². The van der Waals surface area contributed by atoms with E-state index in [1.807, 2.05) is 30.8 Å². The number of hydrogen-bond donors (Lipinski definition) is 0. The predicted molar refractivity (Wildman–Crippen MR) is 91.3 cm³/mol. The van der Waals surface area contributed by atoms with E-state index in [9.17, 15) is 0 Å². The van der Waals surface area contributed by atoms with Gasteiger partial charge in [-0.1, -0.05) is 28.4 Å². The Morgan fingerprint density at radius 1 is 1.26 bits per heavy atom. The molecule has 0 saturated carbocycles. The second-order valence-electron chi connectivity index (χ2n) is 4.91. The normalized spacial score (nSPS) is 11.5. The van der Waals surface area contributed by atoms with Gasteiger partial charge in [-0.2, -0.15) is 10.1 Å². The highest BCUT2D eigenvalue weighted by Gasteiger charge is 2.11. The number of aromatic nitrogens is 4. The minimum atomic E-state index is 0.398. The lowest BCUT2D eigenvalue weighted by atomic mass is 10.2. The Hall–Kier alpha value is -2.11. The molecule has 5 nitrogen and oxygen atoms in total. The van der Waals surface area contributed by atoms with Crippen molar-refractivity contribution >= 4 is 35.4 Å². The first-order valence-corrected chi connectivity index (χ1v) is 7.83. The SMILES string of the molecule is CCn1ncc(/C=C/c2nc(-c3ccc(Cl)cc3Cl)no2)c1C. The van der Waals surface area contributed by atoms with Gasteiger partial charge in [-0.25, -0.2) is 0 Å². The van der Waals surface area contributed by atoms with Crippen LogP contribution in [0, 0.1) is 6.92 Å². The lowest BCUT2D eigenvalue weighted by Gasteiger charge is -1.98. The molecule has 0 saturated heterocycles. The molecule has 3 aromatic rings. The summed E-state index contributed by atoms with van der Waals surface area (Å²) in [5.74, 6) is 0.821. The topological polar surface area (TPSA) is 56.7 Å². The molecule has 0 radical (unpaired) electrons. The van der Waals surface area contributed by atoms with Crippen LogP contribution in [0.15, 0.2) is 28.9 Å². The molecule has 0 atom stereocenters. The van der Waals surface area contributed by atoms with Gasteiger partial charge in [-0.3, -0.25) is 4.68 Å². The molecule has 1 aromatic carbocycles. The fraction of sp³-hybridized carbons (Fsp3) is 0.188. The van der Waals surface area contributed by atoms with Crippen LogP contribution in [0.3, 0.4) is 0 Å². The summed E-state index contributed by atoms with van der Waals surface area (Å²) in [6.45, 7) is 4.90. The molecule has 0 unspecified atom stereocenters. The Labute approximate surface area is 143 Å². The van der Waals surface area contributed by atoms with Crippen LogP contribution in [0.4, 0.5) is 0 Å². The highest BCUT2D eigenvalue weighted by molar-refractivity contribution is 6.36. The zero-order valence-corrected chi connectivity index (χ0v) is 14.1. The molecule has 2 aromatic heterocycles. The standard InChI is InChI=1S/C16H14Cl2N4O/c1-3-22-10(2)11(9-19-22)4-7-15-20-16(21-23-15)13-6-5-12(17)8-14(13)18/h4-9H,3H2,1-2H3/b7-4+. The van der Waals surface area contributed by atoms with Crippen LogP contribution in [0.25, 0.3) is 23.5 Å². The summed E-state index contributed by atoms with van der Waals surface area (Å²) in [4.78, 5) is 4.32. The minimum absolute atomic E-state index is 0.398. The molecular formula is C16H14Cl2N4O. The van der Waals surface area contributed by atoms with E-state index < -0.39 is 0 Å². The molecule has 0 aliphatic carbocycles. The fourth-order valence-corrected chi connectivity index (χ4v) is 2.68. The van der Waals surface area contributed by atoms with Gasteiger partial charge in [0.25, 0.3) is 5.89 Å². The Kier molecular flexibility index (Phi) is 4.50. The first kappa shape index (κ1) is 15.8. The summed E-state index contributed by atoms with van der Waals surface area (Å²) in [6.07, 6.45) is 5.46. The van der Waals surface area contributed by atoms with Gasteiger partial charge in [0.1, 0.15) is 0 Å². The Morgan fingerprint density at radius 3 is 2.78 bits per heavy atom. The maximum absolute atomic E-state index is 6.15. The van der Waals surface area contributed by atoms with Crippen molar-refractivity contribution in [3.8, 4) is 11.4 Å². The van der Waals surface area contributed by atoms with Gasteiger partial charge < -0.3 is 4.52 Å². The van der Waals surface area contributed by atoms with Crippen molar-refractivity contribution in [1.82, 2.24) is 19.9 Å². The van der Waals surface area contributed by atoms with E-state index >= 15 is 0 Å². The first-order valence-electron chi connectivity index (χ1n) is 7.08. The van der Waals surface area contributed by atoms with Crippen LogP contribution in [0.2, 0.25) is 10.0 Å². The van der Waals surface area contributed by atoms with E-state index in [0.717, 1.165) is 17.8 Å². The highest BCUT2D eigenvalue weighted by atomic mass is 35.5. The molecule has 3 rings (SSSR count). The Bertz CT molecular complexity index is 867. The predicted octanol–water partition coefficient (Wildman–Crippen LogP) is 4.74. The molecule has 23 heavy (non-hydrogen) atoms. The summed E-state index contributed by atoms with van der Waals surface area (Å²) in [5.41, 5.74) is 2.77. The van der Waals surface area contributed by atoms with Crippen molar-refractivity contribution < 1.29 is 4.52 Å². The lowest BCUT2D eigenvalue weighted by molar-refractivity contribution is 0.411. The van der Waals surface area contributed by atoms with E-state index in [1.165, 1.54) is 0 Å². The van der Waals surface area contributed by atoms with Crippen molar-refractivity contribution in [3.05, 3.63) is 51.6 Å². The number of rotatable bonds is 4. The third-order valence-electron chi connectivity index (χ3n) is 3.46. The van der Waals surface area contributed by atoms with Crippen LogP contribution in [-0.2, 0) is 6.54 Å². The molecule has 0 fully saturated rings. The third kappa shape index (κ3) is 3.30. The maximum atomic E-state index is 6.15. The van der Waals surface area contributed by atoms with Gasteiger partial charge in [0.15, 0.2) is 0 Å². The van der Waals surface area contributed by atoms with Crippen molar-refractivity contribution in [2.45, 2.75) is 20.4 Å². The summed E-state index contributed by atoms with van der Waals surface area (Å²) in [5, 5.41) is 9.28. The van der Waals surface area contributed by atoms with Crippen LogP contribution in [-0.4, -0.2) is 19.9 Å². The number of nitrogens with zero attached hydrogens (tertiary/aromatic N) is 4. The summed E-state index contributed by atoms with van der Waals surface area (Å²) >= 11 is 12.0. The van der Waals surface area contributed by atoms with Gasteiger partial charge in [0, 0.05) is 34.5 Å². The summed E-state index contributed by atoms with van der Waals surface area (Å²) in [7, 11) is 0. The average molecular weight is 349 g/mol. The largest absolute Gasteiger partial charge is 0.334 e. The van der Waals surface area contributed by atoms with Crippen LogP contribution < -0.4 is 0 Å². The van der Waals surface area contributed by atoms with Crippen molar-refractivity contribution in [2.24, 2.45) is 0 Å². The minimum Gasteiger partial charge on any atom is -0.334 e. The molecule has 0 spiro atoms. The van der Waals surface area contributed by atoms with Gasteiger partial charge in [-0.15, -0.1) is 0 Å². The molecular weight excluding hydrogens is 335 g/mol. The molecule has 0 aliphatic heterocycles. The summed E-state index contributed by atoms with van der Waals surface area (Å²) < 4.78 is 7.16. The molecule has 0 N–H and O–H groups in total. The van der Waals surface area contributed by atoms with Gasteiger partial charge in [0.2, 0.25) is 5.82 Å². The van der Waals surface area contributed by atoms with Gasteiger partial charge >= 0.3 is 0 Å². The number of halogens is 2. The van der Waals surface area contributed by atoms with Crippen LogP contribution in [0.5, 0.6) is 0 Å². The second kappa shape index (κ2) is 6.56. The van der Waals surface area contributed by atoms with Crippen LogP contribution >= 0.6 is 23.2 Å². The zero-order valence-electron chi connectivity index (χ0n) is 12.6. The Morgan fingerprint density at radius 2 is 2.09 bits per heavy atom. The third-order valence-corrected chi connectivity index (χ3v) is 4.01. The van der Waals surface area contributed by atoms with E-state index in [-0.39, 0.29) is 0 Å². The second-order valence-corrected chi connectivity index (χ2v) is 5.76. The lowest BCUT2D eigenvalue weighted by Crippen LogP contribution is -1.98. The molecule has 2 heterocycles. The maximum Gasteiger partial charge on any atom is 0.250 e. The van der Waals surface area contributed by atoms with E-state index in [4.69, 9.17) is 27.7 Å². The Balaban J connectivity index is 1.84. The molecule has 0 amide bonds. The smallest absolute Gasteiger partial charge is 0.250 e. The quantitative estimate of drug-likeness (QED) is 0.683. The van der Waals surface area contributed by atoms with Crippen molar-refractivity contribution in [3.63, 3.8) is 0 Å². The van der Waals surface area contributed by atoms with Gasteiger partial charge in [-0.05, 0) is 38.1 Å². The van der Waals surface area contributed by atoms with Crippen molar-refractivity contribution in [1.29, 1.82) is 0 Å². The highest BCUT2D eigenvalue weighted by Crippen LogP contribution is 2.28. The molecule has 7 heteroatoms. The molecule has 0 bridgehead atoms. The first-order chi connectivity index (χ1) is 11.1.